The molecule has 0 aromatic heterocycles. The second kappa shape index (κ2) is 6.92. The van der Waals surface area contributed by atoms with Gasteiger partial charge in [0.25, 0.3) is 0 Å². The average molecular weight is 377 g/mol. The quantitative estimate of drug-likeness (QED) is 0.734. The molecule has 0 saturated carbocycles. The number of halogens is 2. The van der Waals surface area contributed by atoms with E-state index >= 15 is 0 Å². The highest BCUT2D eigenvalue weighted by Gasteiger charge is 2.19. The van der Waals surface area contributed by atoms with Gasteiger partial charge in [0, 0.05) is 22.9 Å². The Balaban J connectivity index is 2.04. The Morgan fingerprint density at radius 3 is 3.00 bits per heavy atom. The SMILES string of the molecule is COc1ccc(Br)c(CN2CCCC(CBr)C2)c1. The number of rotatable bonds is 4. The lowest BCUT2D eigenvalue weighted by Gasteiger charge is -2.32. The van der Waals surface area contributed by atoms with Gasteiger partial charge < -0.3 is 4.74 Å². The first-order valence-electron chi connectivity index (χ1n) is 6.33. The minimum Gasteiger partial charge on any atom is -0.497 e. The van der Waals surface area contributed by atoms with Crippen molar-refractivity contribution in [2.24, 2.45) is 5.92 Å². The van der Waals surface area contributed by atoms with Gasteiger partial charge in [0.05, 0.1) is 7.11 Å². The molecule has 1 aromatic rings. The van der Waals surface area contributed by atoms with Crippen molar-refractivity contribution in [2.75, 3.05) is 25.5 Å². The van der Waals surface area contributed by atoms with Gasteiger partial charge in [-0.2, -0.15) is 0 Å². The summed E-state index contributed by atoms with van der Waals surface area (Å²) in [5.41, 5.74) is 1.31. The molecule has 1 saturated heterocycles. The topological polar surface area (TPSA) is 12.5 Å². The molecule has 0 N–H and O–H groups in total. The summed E-state index contributed by atoms with van der Waals surface area (Å²) in [7, 11) is 1.72. The molecule has 1 atom stereocenters. The fraction of sp³-hybridized carbons (Fsp3) is 0.571. The van der Waals surface area contributed by atoms with Crippen molar-refractivity contribution in [3.8, 4) is 5.75 Å². The number of benzene rings is 1. The zero-order chi connectivity index (χ0) is 13.0. The van der Waals surface area contributed by atoms with E-state index in [0.717, 1.165) is 23.5 Å². The molecule has 2 rings (SSSR count). The highest BCUT2D eigenvalue weighted by Crippen LogP contribution is 2.26. The predicted octanol–water partition coefficient (Wildman–Crippen LogP) is 4.06. The van der Waals surface area contributed by atoms with Crippen molar-refractivity contribution < 1.29 is 4.74 Å². The third-order valence-electron chi connectivity index (χ3n) is 3.47. The van der Waals surface area contributed by atoms with Gasteiger partial charge in [-0.3, -0.25) is 4.90 Å². The van der Waals surface area contributed by atoms with Crippen LogP contribution in [0.1, 0.15) is 18.4 Å². The molecule has 1 aliphatic heterocycles. The van der Waals surface area contributed by atoms with Crippen molar-refractivity contribution >= 4 is 31.9 Å². The van der Waals surface area contributed by atoms with Gasteiger partial charge >= 0.3 is 0 Å². The van der Waals surface area contributed by atoms with E-state index in [9.17, 15) is 0 Å². The molecule has 18 heavy (non-hydrogen) atoms. The maximum Gasteiger partial charge on any atom is 0.119 e. The van der Waals surface area contributed by atoms with Crippen molar-refractivity contribution in [1.29, 1.82) is 0 Å². The van der Waals surface area contributed by atoms with Gasteiger partial charge in [-0.15, -0.1) is 0 Å². The van der Waals surface area contributed by atoms with Crippen LogP contribution in [-0.4, -0.2) is 30.4 Å². The van der Waals surface area contributed by atoms with Gasteiger partial charge in [0.1, 0.15) is 5.75 Å². The third kappa shape index (κ3) is 3.72. The molecule has 0 amide bonds. The molecule has 100 valence electrons. The molecule has 2 nitrogen and oxygen atoms in total. The molecule has 0 spiro atoms. The second-order valence-electron chi connectivity index (χ2n) is 4.86. The summed E-state index contributed by atoms with van der Waals surface area (Å²) in [6.07, 6.45) is 2.65. The van der Waals surface area contributed by atoms with Crippen LogP contribution in [0.25, 0.3) is 0 Å². The molecule has 1 aromatic carbocycles. The summed E-state index contributed by atoms with van der Waals surface area (Å²) in [6, 6.07) is 6.19. The highest BCUT2D eigenvalue weighted by atomic mass is 79.9. The smallest absolute Gasteiger partial charge is 0.119 e. The molecule has 1 heterocycles. The van der Waals surface area contributed by atoms with Crippen molar-refractivity contribution in [1.82, 2.24) is 4.90 Å². The summed E-state index contributed by atoms with van der Waals surface area (Å²) in [5, 5.41) is 1.11. The van der Waals surface area contributed by atoms with Crippen LogP contribution in [0.4, 0.5) is 0 Å². The van der Waals surface area contributed by atoms with Crippen LogP contribution < -0.4 is 4.74 Å². The van der Waals surface area contributed by atoms with Gasteiger partial charge in [-0.05, 0) is 49.1 Å². The van der Waals surface area contributed by atoms with Gasteiger partial charge in [0.15, 0.2) is 0 Å². The normalized spacial score (nSPS) is 20.9. The minimum absolute atomic E-state index is 0.795. The number of hydrogen-bond donors (Lipinski definition) is 0. The predicted molar refractivity (Wildman–Crippen MR) is 82.5 cm³/mol. The zero-order valence-electron chi connectivity index (χ0n) is 10.7. The fourth-order valence-corrected chi connectivity index (χ4v) is 3.36. The number of piperidine rings is 1. The van der Waals surface area contributed by atoms with Crippen LogP contribution in [0.2, 0.25) is 0 Å². The first-order chi connectivity index (χ1) is 8.72. The van der Waals surface area contributed by atoms with E-state index in [4.69, 9.17) is 4.74 Å². The summed E-state index contributed by atoms with van der Waals surface area (Å²) in [4.78, 5) is 2.54. The number of methoxy groups -OCH3 is 1. The lowest BCUT2D eigenvalue weighted by atomic mass is 10.00. The largest absolute Gasteiger partial charge is 0.497 e. The lowest BCUT2D eigenvalue weighted by Crippen LogP contribution is -2.35. The molecule has 1 unspecified atom stereocenters. The van der Waals surface area contributed by atoms with Crippen LogP contribution in [0, 0.1) is 5.92 Å². The second-order valence-corrected chi connectivity index (χ2v) is 6.36. The number of nitrogens with zero attached hydrogens (tertiary/aromatic N) is 1. The molecule has 0 radical (unpaired) electrons. The summed E-state index contributed by atoms with van der Waals surface area (Å²) >= 11 is 7.23. The van der Waals surface area contributed by atoms with E-state index in [-0.39, 0.29) is 0 Å². The first-order valence-corrected chi connectivity index (χ1v) is 8.25. The Morgan fingerprint density at radius 2 is 2.28 bits per heavy atom. The number of hydrogen-bond acceptors (Lipinski definition) is 2. The number of alkyl halides is 1. The van der Waals surface area contributed by atoms with E-state index in [1.165, 1.54) is 36.0 Å². The Hall–Kier alpha value is -0.0600. The van der Waals surface area contributed by atoms with Crippen LogP contribution in [-0.2, 0) is 6.54 Å². The van der Waals surface area contributed by atoms with Crippen LogP contribution in [0.5, 0.6) is 5.75 Å². The minimum atomic E-state index is 0.795. The number of ether oxygens (including phenoxy) is 1. The molecule has 4 heteroatoms. The molecular weight excluding hydrogens is 358 g/mol. The fourth-order valence-electron chi connectivity index (χ4n) is 2.46. The summed E-state index contributed by atoms with van der Waals surface area (Å²) in [5.74, 6) is 1.73. The molecule has 0 bridgehead atoms. The maximum absolute atomic E-state index is 5.29. The maximum atomic E-state index is 5.29. The molecule has 0 aliphatic carbocycles. The molecule has 1 aliphatic rings. The van der Waals surface area contributed by atoms with E-state index in [1.54, 1.807) is 7.11 Å². The molecule has 1 fully saturated rings. The number of likely N-dealkylation sites (tertiary alicyclic amines) is 1. The Labute approximate surface area is 126 Å². The van der Waals surface area contributed by atoms with Gasteiger partial charge in [0.2, 0.25) is 0 Å². The third-order valence-corrected chi connectivity index (χ3v) is 5.16. The Kier molecular flexibility index (Phi) is 5.52. The monoisotopic (exact) mass is 375 g/mol. The Bertz CT molecular complexity index is 397. The van der Waals surface area contributed by atoms with Crippen molar-refractivity contribution in [3.05, 3.63) is 28.2 Å². The first kappa shape index (κ1) is 14.4. The van der Waals surface area contributed by atoms with Crippen LogP contribution >= 0.6 is 31.9 Å². The zero-order valence-corrected chi connectivity index (χ0v) is 13.8. The summed E-state index contributed by atoms with van der Waals surface area (Å²) < 4.78 is 6.47. The van der Waals surface area contributed by atoms with E-state index in [1.807, 2.05) is 6.07 Å². The lowest BCUT2D eigenvalue weighted by molar-refractivity contribution is 0.179. The Morgan fingerprint density at radius 1 is 1.44 bits per heavy atom. The molecular formula is C14H19Br2NO. The van der Waals surface area contributed by atoms with Crippen molar-refractivity contribution in [2.45, 2.75) is 19.4 Å². The van der Waals surface area contributed by atoms with E-state index in [0.29, 0.717) is 0 Å². The van der Waals surface area contributed by atoms with E-state index < -0.39 is 0 Å². The standard InChI is InChI=1S/C14H19Br2NO/c1-18-13-4-5-14(16)12(7-13)10-17-6-2-3-11(8-15)9-17/h4-5,7,11H,2-3,6,8-10H2,1H3. The van der Waals surface area contributed by atoms with Gasteiger partial charge in [-0.1, -0.05) is 31.9 Å². The van der Waals surface area contributed by atoms with Crippen molar-refractivity contribution in [3.63, 3.8) is 0 Å². The van der Waals surface area contributed by atoms with Gasteiger partial charge in [-0.25, -0.2) is 0 Å². The van der Waals surface area contributed by atoms with Crippen LogP contribution in [0.3, 0.4) is 0 Å². The average Bonchev–Trinajstić information content (AvgIpc) is 2.41. The van der Waals surface area contributed by atoms with Crippen LogP contribution in [0.15, 0.2) is 22.7 Å². The summed E-state index contributed by atoms with van der Waals surface area (Å²) in [6.45, 7) is 3.39. The van der Waals surface area contributed by atoms with E-state index in [2.05, 4.69) is 48.9 Å². The highest BCUT2D eigenvalue weighted by molar-refractivity contribution is 9.10.